The van der Waals surface area contributed by atoms with Crippen molar-refractivity contribution in [2.24, 2.45) is 0 Å². The average molecular weight is 325 g/mol. The maximum atomic E-state index is 13.2. The number of fused-ring (bicyclic) bond motifs is 1. The van der Waals surface area contributed by atoms with E-state index in [9.17, 15) is 14.3 Å². The molecule has 1 fully saturated rings. The van der Waals surface area contributed by atoms with Crippen LogP contribution in [0.3, 0.4) is 0 Å². The topological polar surface area (TPSA) is 57.8 Å². The van der Waals surface area contributed by atoms with Crippen molar-refractivity contribution in [1.29, 1.82) is 0 Å². The number of halogens is 1. The van der Waals surface area contributed by atoms with Gasteiger partial charge in [-0.2, -0.15) is 0 Å². The lowest BCUT2D eigenvalue weighted by Crippen LogP contribution is -2.27. The predicted molar refractivity (Wildman–Crippen MR) is 88.6 cm³/mol. The molecule has 0 spiro atoms. The van der Waals surface area contributed by atoms with Gasteiger partial charge in [-0.25, -0.2) is 9.37 Å². The van der Waals surface area contributed by atoms with Gasteiger partial charge in [0.1, 0.15) is 17.3 Å². The van der Waals surface area contributed by atoms with E-state index in [1.807, 2.05) is 11.0 Å². The number of β-amino-alcohol motifs (C(OH)–C–C–N with tert-alkyl or cyclic N) is 1. The molecule has 0 unspecified atom stereocenters. The van der Waals surface area contributed by atoms with Crippen LogP contribution in [0.2, 0.25) is 0 Å². The monoisotopic (exact) mass is 325 g/mol. The molecular weight excluding hydrogens is 309 g/mol. The molecule has 3 aromatic rings. The van der Waals surface area contributed by atoms with Crippen molar-refractivity contribution in [2.75, 3.05) is 11.4 Å². The largest absolute Gasteiger partial charge is 0.391 e. The van der Waals surface area contributed by atoms with E-state index in [0.29, 0.717) is 24.4 Å². The zero-order valence-electron chi connectivity index (χ0n) is 12.8. The average Bonchev–Trinajstić information content (AvgIpc) is 2.97. The van der Waals surface area contributed by atoms with Gasteiger partial charge in [-0.3, -0.25) is 9.20 Å². The first-order chi connectivity index (χ1) is 11.6. The van der Waals surface area contributed by atoms with Gasteiger partial charge < -0.3 is 10.0 Å². The number of aliphatic hydroxyl groups excluding tert-OH is 1. The van der Waals surface area contributed by atoms with Gasteiger partial charge in [0.05, 0.1) is 12.1 Å². The van der Waals surface area contributed by atoms with Gasteiger partial charge in [-0.05, 0) is 36.2 Å². The second-order valence-corrected chi connectivity index (χ2v) is 5.99. The highest BCUT2D eigenvalue weighted by atomic mass is 19.1. The number of pyridine rings is 1. The first kappa shape index (κ1) is 14.8. The number of aromatic nitrogens is 2. The van der Waals surface area contributed by atoms with Gasteiger partial charge >= 0.3 is 0 Å². The van der Waals surface area contributed by atoms with E-state index in [2.05, 4.69) is 4.98 Å². The summed E-state index contributed by atoms with van der Waals surface area (Å²) in [6.45, 7) is 0.386. The van der Waals surface area contributed by atoms with Gasteiger partial charge in [0, 0.05) is 18.8 Å². The lowest BCUT2D eigenvalue weighted by Gasteiger charge is -2.25. The third-order valence-electron chi connectivity index (χ3n) is 4.39. The third-order valence-corrected chi connectivity index (χ3v) is 4.39. The molecule has 0 bridgehead atoms. The summed E-state index contributed by atoms with van der Waals surface area (Å²) in [7, 11) is 0. The molecule has 0 saturated carbocycles. The Morgan fingerprint density at radius 1 is 1.17 bits per heavy atom. The van der Waals surface area contributed by atoms with Crippen LogP contribution >= 0.6 is 0 Å². The van der Waals surface area contributed by atoms with E-state index in [-0.39, 0.29) is 17.4 Å². The summed E-state index contributed by atoms with van der Waals surface area (Å²) < 4.78 is 14.7. The molecule has 0 amide bonds. The molecule has 3 heterocycles. The van der Waals surface area contributed by atoms with E-state index in [0.717, 1.165) is 5.56 Å². The number of hydrogen-bond donors (Lipinski definition) is 1. The molecular formula is C18H16FN3O2. The lowest BCUT2D eigenvalue weighted by molar-refractivity contribution is 0.194. The molecule has 1 N–H and O–H groups in total. The van der Waals surface area contributed by atoms with Gasteiger partial charge in [-0.15, -0.1) is 0 Å². The smallest absolute Gasteiger partial charge is 0.259 e. The minimum absolute atomic E-state index is 0.140. The van der Waals surface area contributed by atoms with Crippen LogP contribution in [0.25, 0.3) is 5.65 Å². The van der Waals surface area contributed by atoms with E-state index in [1.165, 1.54) is 22.6 Å². The minimum atomic E-state index is -0.518. The van der Waals surface area contributed by atoms with Crippen molar-refractivity contribution in [3.63, 3.8) is 0 Å². The Labute approximate surface area is 137 Å². The Bertz CT molecular complexity index is 939. The molecule has 2 aromatic heterocycles. The Hall–Kier alpha value is -2.73. The first-order valence-corrected chi connectivity index (χ1v) is 7.80. The molecule has 122 valence electrons. The summed E-state index contributed by atoms with van der Waals surface area (Å²) in [6.07, 6.45) is 1.67. The van der Waals surface area contributed by atoms with Crippen LogP contribution in [-0.2, 0) is 0 Å². The normalized spacial score (nSPS) is 20.7. The molecule has 0 aliphatic carbocycles. The predicted octanol–water partition coefficient (Wildman–Crippen LogP) is 2.15. The highest BCUT2D eigenvalue weighted by Crippen LogP contribution is 2.35. The highest BCUT2D eigenvalue weighted by molar-refractivity contribution is 5.51. The Morgan fingerprint density at radius 3 is 2.75 bits per heavy atom. The number of nitrogens with zero attached hydrogens (tertiary/aromatic N) is 3. The Balaban J connectivity index is 1.79. The van der Waals surface area contributed by atoms with Gasteiger partial charge in [0.25, 0.3) is 5.56 Å². The molecule has 4 rings (SSSR count). The summed E-state index contributed by atoms with van der Waals surface area (Å²) in [5.41, 5.74) is 1.28. The van der Waals surface area contributed by atoms with Crippen LogP contribution in [0.5, 0.6) is 0 Å². The van der Waals surface area contributed by atoms with Crippen LogP contribution in [0.1, 0.15) is 18.0 Å². The molecule has 2 atom stereocenters. The van der Waals surface area contributed by atoms with Crippen molar-refractivity contribution < 1.29 is 9.50 Å². The highest BCUT2D eigenvalue weighted by Gasteiger charge is 2.33. The molecule has 1 aliphatic rings. The second-order valence-electron chi connectivity index (χ2n) is 5.99. The van der Waals surface area contributed by atoms with Gasteiger partial charge in [0.2, 0.25) is 0 Å². The fourth-order valence-electron chi connectivity index (χ4n) is 3.26. The van der Waals surface area contributed by atoms with Crippen molar-refractivity contribution in [2.45, 2.75) is 18.6 Å². The first-order valence-electron chi connectivity index (χ1n) is 7.80. The number of rotatable bonds is 2. The molecule has 24 heavy (non-hydrogen) atoms. The summed E-state index contributed by atoms with van der Waals surface area (Å²) >= 11 is 0. The van der Waals surface area contributed by atoms with Crippen LogP contribution in [0, 0.1) is 5.82 Å². The summed E-state index contributed by atoms with van der Waals surface area (Å²) in [6, 6.07) is 12.9. The quantitative estimate of drug-likeness (QED) is 0.784. The number of benzene rings is 1. The van der Waals surface area contributed by atoms with Crippen LogP contribution in [0.15, 0.2) is 59.5 Å². The summed E-state index contributed by atoms with van der Waals surface area (Å²) in [5, 5.41) is 10.1. The number of aliphatic hydroxyl groups is 1. The standard InChI is InChI=1S/C18H16FN3O2/c19-13-6-4-12(5-7-13)15-9-14(23)11-22(15)17-10-18(24)21-8-2-1-3-16(21)20-17/h1-8,10,14-15,23H,9,11H2/t14-,15+/m1/s1. The van der Waals surface area contributed by atoms with Gasteiger partial charge in [-0.1, -0.05) is 18.2 Å². The zero-order valence-corrected chi connectivity index (χ0v) is 12.8. The molecule has 6 heteroatoms. The molecule has 1 aliphatic heterocycles. The molecule has 5 nitrogen and oxygen atoms in total. The molecule has 1 saturated heterocycles. The Kier molecular flexibility index (Phi) is 3.54. The number of hydrogen-bond acceptors (Lipinski definition) is 4. The van der Waals surface area contributed by atoms with Crippen LogP contribution in [0.4, 0.5) is 10.2 Å². The summed E-state index contributed by atoms with van der Waals surface area (Å²) in [5.74, 6) is 0.225. The fraction of sp³-hybridized carbons (Fsp3) is 0.222. The van der Waals surface area contributed by atoms with E-state index in [1.54, 1.807) is 30.5 Å². The number of anilines is 1. The zero-order chi connectivity index (χ0) is 16.7. The second kappa shape index (κ2) is 5.72. The third kappa shape index (κ3) is 2.55. The van der Waals surface area contributed by atoms with Crippen molar-refractivity contribution in [1.82, 2.24) is 9.38 Å². The van der Waals surface area contributed by atoms with E-state index >= 15 is 0 Å². The van der Waals surface area contributed by atoms with E-state index in [4.69, 9.17) is 0 Å². The molecule has 1 aromatic carbocycles. The van der Waals surface area contributed by atoms with Crippen LogP contribution in [-0.4, -0.2) is 27.1 Å². The van der Waals surface area contributed by atoms with E-state index < -0.39 is 6.10 Å². The van der Waals surface area contributed by atoms with Crippen molar-refractivity contribution >= 4 is 11.5 Å². The maximum Gasteiger partial charge on any atom is 0.259 e. The van der Waals surface area contributed by atoms with Crippen molar-refractivity contribution in [3.05, 3.63) is 76.5 Å². The van der Waals surface area contributed by atoms with Gasteiger partial charge in [0.15, 0.2) is 0 Å². The fourth-order valence-corrected chi connectivity index (χ4v) is 3.26. The molecule has 0 radical (unpaired) electrons. The minimum Gasteiger partial charge on any atom is -0.391 e. The summed E-state index contributed by atoms with van der Waals surface area (Å²) in [4.78, 5) is 18.8. The Morgan fingerprint density at radius 2 is 1.96 bits per heavy atom. The maximum absolute atomic E-state index is 13.2. The van der Waals surface area contributed by atoms with Crippen molar-refractivity contribution in [3.8, 4) is 0 Å². The van der Waals surface area contributed by atoms with Crippen LogP contribution < -0.4 is 10.5 Å². The SMILES string of the molecule is O=c1cc(N2C[C@H](O)C[C@H]2c2ccc(F)cc2)nc2ccccn12. The lowest BCUT2D eigenvalue weighted by atomic mass is 10.0.